The molecule has 0 saturated heterocycles. The number of esters is 1. The summed E-state index contributed by atoms with van der Waals surface area (Å²) in [7, 11) is 1.35. The molecule has 2 atom stereocenters. The highest BCUT2D eigenvalue weighted by Gasteiger charge is 2.58. The largest absolute Gasteiger partial charge is 0.468 e. The minimum atomic E-state index is -0.912. The van der Waals surface area contributed by atoms with Gasteiger partial charge in [0.2, 0.25) is 5.91 Å². The molecule has 0 bridgehead atoms. The molecule has 1 fully saturated rings. The summed E-state index contributed by atoms with van der Waals surface area (Å²) in [6.07, 6.45) is 5.76. The predicted molar refractivity (Wildman–Crippen MR) is 81.3 cm³/mol. The highest BCUT2D eigenvalue weighted by atomic mass is 16.5. The Hall–Kier alpha value is -1.84. The normalized spacial score (nSPS) is 27.0. The smallest absolute Gasteiger partial charge is 0.321 e. The van der Waals surface area contributed by atoms with Crippen LogP contribution in [0, 0.1) is 5.41 Å². The van der Waals surface area contributed by atoms with Gasteiger partial charge in [0, 0.05) is 0 Å². The molecule has 1 aromatic rings. The Morgan fingerprint density at radius 3 is 2.86 bits per heavy atom. The predicted octanol–water partition coefficient (Wildman–Crippen LogP) is 2.62. The van der Waals surface area contributed by atoms with Crippen LogP contribution in [0.3, 0.4) is 0 Å². The molecular formula is C18H21NO3. The van der Waals surface area contributed by atoms with Gasteiger partial charge in [-0.3, -0.25) is 9.59 Å². The Balaban J connectivity index is 1.58. The van der Waals surface area contributed by atoms with Crippen molar-refractivity contribution in [3.05, 3.63) is 34.9 Å². The Morgan fingerprint density at radius 2 is 2.14 bits per heavy atom. The Kier molecular flexibility index (Phi) is 3.03. The number of ether oxygens (including phenoxy) is 1. The number of amides is 1. The van der Waals surface area contributed by atoms with Crippen molar-refractivity contribution in [2.24, 2.45) is 5.41 Å². The molecule has 0 unspecified atom stereocenters. The summed E-state index contributed by atoms with van der Waals surface area (Å²) in [6, 6.07) is 6.49. The van der Waals surface area contributed by atoms with E-state index in [2.05, 4.69) is 23.5 Å². The third kappa shape index (κ3) is 1.89. The SMILES string of the molecule is COC(=O)C1(C(=O)N[C@H]2C[C@H]3CCCc4cccc2c43)CC1. The van der Waals surface area contributed by atoms with Crippen molar-refractivity contribution in [1.29, 1.82) is 0 Å². The molecule has 0 radical (unpaired) electrons. The van der Waals surface area contributed by atoms with E-state index in [4.69, 9.17) is 4.74 Å². The van der Waals surface area contributed by atoms with E-state index in [0.29, 0.717) is 18.8 Å². The highest BCUT2D eigenvalue weighted by molar-refractivity contribution is 6.05. The van der Waals surface area contributed by atoms with Crippen LogP contribution in [-0.2, 0) is 20.7 Å². The van der Waals surface area contributed by atoms with Crippen molar-refractivity contribution in [2.75, 3.05) is 7.11 Å². The molecule has 3 aliphatic rings. The number of carbonyl (C=O) groups is 2. The van der Waals surface area contributed by atoms with Gasteiger partial charge in [-0.25, -0.2) is 0 Å². The summed E-state index contributed by atoms with van der Waals surface area (Å²) in [5.41, 5.74) is 3.25. The Labute approximate surface area is 130 Å². The minimum absolute atomic E-state index is 0.0488. The van der Waals surface area contributed by atoms with Gasteiger partial charge in [-0.1, -0.05) is 18.2 Å². The first-order valence-corrected chi connectivity index (χ1v) is 8.17. The molecule has 1 N–H and O–H groups in total. The van der Waals surface area contributed by atoms with E-state index in [1.165, 1.54) is 36.6 Å². The van der Waals surface area contributed by atoms with E-state index >= 15 is 0 Å². The topological polar surface area (TPSA) is 55.4 Å². The summed E-state index contributed by atoms with van der Waals surface area (Å²) in [4.78, 5) is 24.4. The average molecular weight is 299 g/mol. The van der Waals surface area contributed by atoms with Crippen LogP contribution in [0.25, 0.3) is 0 Å². The maximum Gasteiger partial charge on any atom is 0.321 e. The van der Waals surface area contributed by atoms with E-state index in [1.54, 1.807) is 0 Å². The Morgan fingerprint density at radius 1 is 1.32 bits per heavy atom. The lowest BCUT2D eigenvalue weighted by molar-refractivity contribution is -0.152. The number of methoxy groups -OCH3 is 1. The molecule has 3 aliphatic carbocycles. The maximum atomic E-state index is 12.6. The molecule has 0 spiro atoms. The summed E-state index contributed by atoms with van der Waals surface area (Å²) in [6.45, 7) is 0. The van der Waals surface area contributed by atoms with E-state index < -0.39 is 11.4 Å². The first-order valence-electron chi connectivity index (χ1n) is 8.17. The van der Waals surface area contributed by atoms with Crippen LogP contribution < -0.4 is 5.32 Å². The zero-order valence-corrected chi connectivity index (χ0v) is 12.9. The van der Waals surface area contributed by atoms with Crippen molar-refractivity contribution in [3.63, 3.8) is 0 Å². The van der Waals surface area contributed by atoms with Crippen LogP contribution in [0.15, 0.2) is 18.2 Å². The van der Waals surface area contributed by atoms with Crippen LogP contribution in [0.5, 0.6) is 0 Å². The molecule has 22 heavy (non-hydrogen) atoms. The van der Waals surface area contributed by atoms with Crippen LogP contribution in [-0.4, -0.2) is 19.0 Å². The third-order valence-corrected chi connectivity index (χ3v) is 5.60. The molecule has 0 aliphatic heterocycles. The van der Waals surface area contributed by atoms with Gasteiger partial charge in [0.15, 0.2) is 0 Å². The summed E-state index contributed by atoms with van der Waals surface area (Å²) < 4.78 is 4.80. The third-order valence-electron chi connectivity index (χ3n) is 5.60. The van der Waals surface area contributed by atoms with Crippen molar-refractivity contribution in [3.8, 4) is 0 Å². The van der Waals surface area contributed by atoms with Crippen LogP contribution in [0.4, 0.5) is 0 Å². The molecule has 1 saturated carbocycles. The van der Waals surface area contributed by atoms with Gasteiger partial charge in [0.1, 0.15) is 5.41 Å². The van der Waals surface area contributed by atoms with Crippen LogP contribution in [0.1, 0.15) is 60.8 Å². The lowest BCUT2D eigenvalue weighted by Gasteiger charge is -2.20. The molecule has 116 valence electrons. The molecule has 4 nitrogen and oxygen atoms in total. The van der Waals surface area contributed by atoms with Gasteiger partial charge in [-0.2, -0.15) is 0 Å². The second kappa shape index (κ2) is 4.83. The monoisotopic (exact) mass is 299 g/mol. The van der Waals surface area contributed by atoms with E-state index in [0.717, 1.165) is 12.8 Å². The number of hydrogen-bond acceptors (Lipinski definition) is 3. The quantitative estimate of drug-likeness (QED) is 0.689. The molecular weight excluding hydrogens is 278 g/mol. The standard InChI is InChI=1S/C18H21NO3/c1-22-17(21)18(8-9-18)16(20)19-14-10-12-6-2-4-11-5-3-7-13(14)15(11)12/h3,5,7,12,14H,2,4,6,8-10H2,1H3,(H,19,20)/t12-,14+/m1/s1. The number of aryl methyl sites for hydroxylation is 1. The fraction of sp³-hybridized carbons (Fsp3) is 0.556. The molecule has 4 heteroatoms. The van der Waals surface area contributed by atoms with Crippen LogP contribution in [0.2, 0.25) is 0 Å². The second-order valence-corrected chi connectivity index (χ2v) is 6.84. The van der Waals surface area contributed by atoms with Crippen molar-refractivity contribution in [1.82, 2.24) is 5.32 Å². The fourth-order valence-electron chi connectivity index (χ4n) is 4.26. The van der Waals surface area contributed by atoms with E-state index in [9.17, 15) is 9.59 Å². The summed E-state index contributed by atoms with van der Waals surface area (Å²) in [5.74, 6) is 0.0250. The maximum absolute atomic E-state index is 12.6. The molecule has 0 aromatic heterocycles. The average Bonchev–Trinajstić information content (AvgIpc) is 3.28. The zero-order chi connectivity index (χ0) is 15.3. The number of benzene rings is 1. The zero-order valence-electron chi connectivity index (χ0n) is 12.9. The summed E-state index contributed by atoms with van der Waals surface area (Å²) >= 11 is 0. The minimum Gasteiger partial charge on any atom is -0.468 e. The number of carbonyl (C=O) groups excluding carboxylic acids is 2. The van der Waals surface area contributed by atoms with Gasteiger partial charge in [0.05, 0.1) is 13.2 Å². The van der Waals surface area contributed by atoms with Gasteiger partial charge in [-0.05, 0) is 61.1 Å². The first-order chi connectivity index (χ1) is 10.7. The van der Waals surface area contributed by atoms with Gasteiger partial charge < -0.3 is 10.1 Å². The fourth-order valence-corrected chi connectivity index (χ4v) is 4.26. The van der Waals surface area contributed by atoms with Gasteiger partial charge >= 0.3 is 5.97 Å². The lowest BCUT2D eigenvalue weighted by atomic mass is 9.84. The number of hydrogen-bond donors (Lipinski definition) is 1. The summed E-state index contributed by atoms with van der Waals surface area (Å²) in [5, 5.41) is 3.13. The molecule has 1 amide bonds. The van der Waals surface area contributed by atoms with E-state index in [1.807, 2.05) is 0 Å². The van der Waals surface area contributed by atoms with E-state index in [-0.39, 0.29) is 11.9 Å². The van der Waals surface area contributed by atoms with Gasteiger partial charge in [0.25, 0.3) is 0 Å². The molecule has 4 rings (SSSR count). The van der Waals surface area contributed by atoms with Gasteiger partial charge in [-0.15, -0.1) is 0 Å². The van der Waals surface area contributed by atoms with Crippen molar-refractivity contribution < 1.29 is 14.3 Å². The second-order valence-electron chi connectivity index (χ2n) is 6.84. The number of nitrogens with one attached hydrogen (secondary N) is 1. The number of rotatable bonds is 3. The van der Waals surface area contributed by atoms with Crippen molar-refractivity contribution >= 4 is 11.9 Å². The molecule has 1 aromatic carbocycles. The highest BCUT2D eigenvalue weighted by Crippen LogP contribution is 2.50. The first kappa shape index (κ1) is 13.8. The Bertz CT molecular complexity index is 648. The molecule has 0 heterocycles. The van der Waals surface area contributed by atoms with Crippen LogP contribution >= 0.6 is 0 Å². The van der Waals surface area contributed by atoms with Crippen molar-refractivity contribution in [2.45, 2.75) is 50.5 Å². The lowest BCUT2D eigenvalue weighted by Crippen LogP contribution is -2.39.